The molecule has 0 N–H and O–H groups in total. The van der Waals surface area contributed by atoms with Crippen LogP contribution in [0.5, 0.6) is 0 Å². The van der Waals surface area contributed by atoms with Gasteiger partial charge in [0.25, 0.3) is 5.69 Å². The molecule has 5 nitrogen and oxygen atoms in total. The summed E-state index contributed by atoms with van der Waals surface area (Å²) in [5.74, 6) is 0. The quantitative estimate of drug-likeness (QED) is 0.475. The van der Waals surface area contributed by atoms with Crippen LogP contribution < -0.4 is 4.90 Å². The van der Waals surface area contributed by atoms with Gasteiger partial charge in [-0.1, -0.05) is 15.9 Å². The molecule has 114 valence electrons. The molecule has 2 fully saturated rings. The molecule has 1 atom stereocenters. The number of fused-ring (bicyclic) bond motifs is 1. The van der Waals surface area contributed by atoms with Crippen LogP contribution in [0.1, 0.15) is 24.8 Å². The molecule has 1 aromatic carbocycles. The summed E-state index contributed by atoms with van der Waals surface area (Å²) in [5.41, 5.74) is 2.33. The number of hydrogen-bond donors (Lipinski definition) is 0. The minimum Gasteiger partial charge on any atom is -0.370 e. The van der Waals surface area contributed by atoms with Gasteiger partial charge in [-0.05, 0) is 37.4 Å². The van der Waals surface area contributed by atoms with Crippen molar-refractivity contribution in [3.05, 3.63) is 33.9 Å². The van der Waals surface area contributed by atoms with E-state index in [0.29, 0.717) is 11.4 Å². The van der Waals surface area contributed by atoms with E-state index in [0.717, 1.165) is 30.8 Å². The van der Waals surface area contributed by atoms with E-state index < -0.39 is 0 Å². The molecule has 2 aliphatic heterocycles. The predicted molar refractivity (Wildman–Crippen MR) is 87.2 cm³/mol. The number of benzene rings is 1. The lowest BCUT2D eigenvalue weighted by Crippen LogP contribution is -2.36. The fourth-order valence-corrected chi connectivity index (χ4v) is 3.98. The van der Waals surface area contributed by atoms with Gasteiger partial charge in [-0.25, -0.2) is 0 Å². The maximum absolute atomic E-state index is 10.9. The molecule has 2 saturated heterocycles. The Balaban J connectivity index is 1.86. The zero-order valence-electron chi connectivity index (χ0n) is 12.0. The summed E-state index contributed by atoms with van der Waals surface area (Å²) >= 11 is 3.47. The minimum atomic E-state index is -0.322. The average Bonchev–Trinajstić information content (AvgIpc) is 2.83. The monoisotopic (exact) mass is 353 g/mol. The third-order valence-electron chi connectivity index (χ3n) is 4.56. The minimum absolute atomic E-state index is 0.172. The SMILES string of the molecule is O=[N+]([O-])c1ccc(N2CCCN3CCCC3C2)c(CBr)c1. The van der Waals surface area contributed by atoms with Crippen LogP contribution in [0.4, 0.5) is 11.4 Å². The molecule has 0 saturated carbocycles. The molecule has 6 heteroatoms. The number of rotatable bonds is 3. The van der Waals surface area contributed by atoms with E-state index in [2.05, 4.69) is 25.7 Å². The van der Waals surface area contributed by atoms with Gasteiger partial charge in [0.15, 0.2) is 0 Å². The van der Waals surface area contributed by atoms with Crippen molar-refractivity contribution >= 4 is 27.3 Å². The first kappa shape index (κ1) is 14.8. The number of nitro benzene ring substituents is 1. The fourth-order valence-electron chi connectivity index (χ4n) is 3.53. The Kier molecular flexibility index (Phi) is 4.45. The molecule has 0 aromatic heterocycles. The lowest BCUT2D eigenvalue weighted by molar-refractivity contribution is -0.384. The first-order valence-electron chi connectivity index (χ1n) is 7.51. The number of alkyl halides is 1. The molecular formula is C15H20BrN3O2. The summed E-state index contributed by atoms with van der Waals surface area (Å²) in [4.78, 5) is 15.6. The second-order valence-corrected chi connectivity index (χ2v) is 6.40. The van der Waals surface area contributed by atoms with Crippen molar-refractivity contribution in [1.82, 2.24) is 4.90 Å². The summed E-state index contributed by atoms with van der Waals surface area (Å²) in [6.07, 6.45) is 3.73. The van der Waals surface area contributed by atoms with Crippen LogP contribution >= 0.6 is 15.9 Å². The largest absolute Gasteiger partial charge is 0.370 e. The number of non-ortho nitro benzene ring substituents is 1. The van der Waals surface area contributed by atoms with Crippen molar-refractivity contribution in [1.29, 1.82) is 0 Å². The summed E-state index contributed by atoms with van der Waals surface area (Å²) in [6.45, 7) is 4.48. The predicted octanol–water partition coefficient (Wildman–Crippen LogP) is 3.16. The Labute approximate surface area is 133 Å². The summed E-state index contributed by atoms with van der Waals surface area (Å²) in [7, 11) is 0. The third kappa shape index (κ3) is 3.06. The van der Waals surface area contributed by atoms with E-state index >= 15 is 0 Å². The molecule has 0 spiro atoms. The van der Waals surface area contributed by atoms with Crippen molar-refractivity contribution in [3.63, 3.8) is 0 Å². The molecule has 1 aromatic rings. The van der Waals surface area contributed by atoms with E-state index in [9.17, 15) is 10.1 Å². The van der Waals surface area contributed by atoms with Crippen molar-refractivity contribution in [2.75, 3.05) is 31.1 Å². The van der Waals surface area contributed by atoms with Gasteiger partial charge in [-0.15, -0.1) is 0 Å². The first-order valence-corrected chi connectivity index (χ1v) is 8.63. The second kappa shape index (κ2) is 6.32. The van der Waals surface area contributed by atoms with Gasteiger partial charge in [0.2, 0.25) is 0 Å². The van der Waals surface area contributed by atoms with Crippen LogP contribution in [0.25, 0.3) is 0 Å². The normalized spacial score (nSPS) is 22.9. The Morgan fingerprint density at radius 2 is 2.10 bits per heavy atom. The molecule has 0 aliphatic carbocycles. The van der Waals surface area contributed by atoms with Gasteiger partial charge in [-0.3, -0.25) is 15.0 Å². The summed E-state index contributed by atoms with van der Waals surface area (Å²) < 4.78 is 0. The average molecular weight is 354 g/mol. The molecule has 0 bridgehead atoms. The van der Waals surface area contributed by atoms with Crippen LogP contribution in [0.15, 0.2) is 18.2 Å². The second-order valence-electron chi connectivity index (χ2n) is 5.84. The third-order valence-corrected chi connectivity index (χ3v) is 5.17. The van der Waals surface area contributed by atoms with Crippen molar-refractivity contribution in [2.45, 2.75) is 30.6 Å². The lowest BCUT2D eigenvalue weighted by Gasteiger charge is -2.28. The van der Waals surface area contributed by atoms with Crippen LogP contribution in [-0.2, 0) is 5.33 Å². The highest BCUT2D eigenvalue weighted by Crippen LogP contribution is 2.30. The van der Waals surface area contributed by atoms with Crippen LogP contribution in [-0.4, -0.2) is 42.0 Å². The molecule has 0 amide bonds. The molecule has 2 heterocycles. The molecule has 1 unspecified atom stereocenters. The van der Waals surface area contributed by atoms with Gasteiger partial charge in [0, 0.05) is 48.8 Å². The lowest BCUT2D eigenvalue weighted by atomic mass is 10.1. The Hall–Kier alpha value is -1.14. The van der Waals surface area contributed by atoms with E-state index in [4.69, 9.17) is 0 Å². The Morgan fingerprint density at radius 1 is 1.29 bits per heavy atom. The maximum atomic E-state index is 10.9. The zero-order valence-corrected chi connectivity index (χ0v) is 13.6. The number of halogens is 1. The number of hydrogen-bond acceptors (Lipinski definition) is 4. The van der Waals surface area contributed by atoms with Crippen LogP contribution in [0.2, 0.25) is 0 Å². The van der Waals surface area contributed by atoms with Gasteiger partial charge in [0.1, 0.15) is 0 Å². The zero-order chi connectivity index (χ0) is 14.8. The van der Waals surface area contributed by atoms with Gasteiger partial charge in [-0.2, -0.15) is 0 Å². The highest BCUT2D eigenvalue weighted by molar-refractivity contribution is 9.08. The molecule has 3 rings (SSSR count). The Morgan fingerprint density at radius 3 is 2.86 bits per heavy atom. The van der Waals surface area contributed by atoms with Crippen molar-refractivity contribution in [2.24, 2.45) is 0 Å². The van der Waals surface area contributed by atoms with E-state index in [1.165, 1.54) is 25.9 Å². The maximum Gasteiger partial charge on any atom is 0.269 e. The number of anilines is 1. The van der Waals surface area contributed by atoms with E-state index in [1.54, 1.807) is 12.1 Å². The van der Waals surface area contributed by atoms with Gasteiger partial charge in [0.05, 0.1) is 4.92 Å². The molecule has 21 heavy (non-hydrogen) atoms. The number of nitrogens with zero attached hydrogens (tertiary/aromatic N) is 3. The van der Waals surface area contributed by atoms with Crippen molar-refractivity contribution < 1.29 is 4.92 Å². The molecule has 0 radical (unpaired) electrons. The highest BCUT2D eigenvalue weighted by Gasteiger charge is 2.29. The van der Waals surface area contributed by atoms with Crippen LogP contribution in [0.3, 0.4) is 0 Å². The van der Waals surface area contributed by atoms with Crippen molar-refractivity contribution in [3.8, 4) is 0 Å². The standard InChI is InChI=1S/C15H20BrN3O2/c16-10-12-9-13(19(20)21)4-5-15(12)18-8-2-7-17-6-1-3-14(17)11-18/h4-5,9,14H,1-3,6-8,10-11H2. The van der Waals surface area contributed by atoms with E-state index in [-0.39, 0.29) is 10.6 Å². The smallest absolute Gasteiger partial charge is 0.269 e. The summed E-state index contributed by atoms with van der Waals surface area (Å²) in [5, 5.41) is 11.6. The van der Waals surface area contributed by atoms with E-state index in [1.807, 2.05) is 6.07 Å². The topological polar surface area (TPSA) is 49.6 Å². The highest BCUT2D eigenvalue weighted by atomic mass is 79.9. The first-order chi connectivity index (χ1) is 10.2. The number of nitro groups is 1. The van der Waals surface area contributed by atoms with Gasteiger partial charge >= 0.3 is 0 Å². The van der Waals surface area contributed by atoms with Gasteiger partial charge < -0.3 is 4.90 Å². The van der Waals surface area contributed by atoms with Crippen LogP contribution in [0, 0.1) is 10.1 Å². The summed E-state index contributed by atoms with van der Waals surface area (Å²) in [6, 6.07) is 5.88. The molecule has 2 aliphatic rings. The molecular weight excluding hydrogens is 334 g/mol. The Bertz CT molecular complexity index is 538. The fraction of sp³-hybridized carbons (Fsp3) is 0.600.